The van der Waals surface area contributed by atoms with Crippen LogP contribution in [0.2, 0.25) is 0 Å². The first-order valence-electron chi connectivity index (χ1n) is 6.05. The van der Waals surface area contributed by atoms with Crippen molar-refractivity contribution in [3.63, 3.8) is 0 Å². The van der Waals surface area contributed by atoms with Crippen molar-refractivity contribution in [3.05, 3.63) is 41.5 Å². The van der Waals surface area contributed by atoms with Crippen molar-refractivity contribution < 1.29 is 14.7 Å². The number of carbonyl (C=O) groups is 2. The summed E-state index contributed by atoms with van der Waals surface area (Å²) in [5.41, 5.74) is 8.72. The van der Waals surface area contributed by atoms with Gasteiger partial charge in [0.15, 0.2) is 0 Å². The van der Waals surface area contributed by atoms with Crippen LogP contribution in [0, 0.1) is 0 Å². The Hall–Kier alpha value is -2.14. The number of aryl methyl sites for hydroxylation is 1. The molecule has 19 heavy (non-hydrogen) atoms. The molecule has 0 saturated heterocycles. The standard InChI is InChI=1S/C14H16N2O3/c1-16-12-5-2-9(11(15)4-7-14(18)19)8-10(12)3-6-13(16)17/h2,4-5,7-8,11H,3,6,15H2,1H3,(H,18,19)/b7-4+. The van der Waals surface area contributed by atoms with E-state index in [1.54, 1.807) is 11.9 Å². The van der Waals surface area contributed by atoms with Gasteiger partial charge in [0.05, 0.1) is 0 Å². The first-order chi connectivity index (χ1) is 8.99. The second kappa shape index (κ2) is 5.24. The second-order valence-corrected chi connectivity index (χ2v) is 4.56. The maximum Gasteiger partial charge on any atom is 0.328 e. The SMILES string of the molecule is CN1C(=O)CCc2cc(C(N)/C=C/C(=O)O)ccc21. The molecule has 100 valence electrons. The molecule has 1 aliphatic heterocycles. The minimum absolute atomic E-state index is 0.107. The van der Waals surface area contributed by atoms with Crippen molar-refractivity contribution >= 4 is 17.6 Å². The molecule has 0 aromatic heterocycles. The van der Waals surface area contributed by atoms with Gasteiger partial charge in [-0.15, -0.1) is 0 Å². The third kappa shape index (κ3) is 2.82. The Morgan fingerprint density at radius 1 is 1.47 bits per heavy atom. The quantitative estimate of drug-likeness (QED) is 0.801. The molecule has 1 atom stereocenters. The van der Waals surface area contributed by atoms with Crippen molar-refractivity contribution in [2.45, 2.75) is 18.9 Å². The highest BCUT2D eigenvalue weighted by Gasteiger charge is 2.21. The van der Waals surface area contributed by atoms with Gasteiger partial charge in [-0.3, -0.25) is 4.79 Å². The van der Waals surface area contributed by atoms with Gasteiger partial charge in [0.25, 0.3) is 0 Å². The molecule has 0 spiro atoms. The van der Waals surface area contributed by atoms with Crippen molar-refractivity contribution in [2.75, 3.05) is 11.9 Å². The van der Waals surface area contributed by atoms with Crippen molar-refractivity contribution in [2.24, 2.45) is 5.73 Å². The van der Waals surface area contributed by atoms with Gasteiger partial charge in [0.2, 0.25) is 5.91 Å². The highest BCUT2D eigenvalue weighted by atomic mass is 16.4. The third-order valence-corrected chi connectivity index (χ3v) is 3.28. The molecular weight excluding hydrogens is 244 g/mol. The van der Waals surface area contributed by atoms with E-state index in [1.807, 2.05) is 18.2 Å². The lowest BCUT2D eigenvalue weighted by Crippen LogP contribution is -2.31. The van der Waals surface area contributed by atoms with Crippen LogP contribution in [0.4, 0.5) is 5.69 Å². The molecule has 0 bridgehead atoms. The number of anilines is 1. The summed E-state index contributed by atoms with van der Waals surface area (Å²) < 4.78 is 0. The summed E-state index contributed by atoms with van der Waals surface area (Å²) in [7, 11) is 1.75. The number of aliphatic carboxylic acids is 1. The van der Waals surface area contributed by atoms with Crippen LogP contribution in [0.15, 0.2) is 30.4 Å². The van der Waals surface area contributed by atoms with E-state index >= 15 is 0 Å². The topological polar surface area (TPSA) is 83.6 Å². The van der Waals surface area contributed by atoms with Crippen LogP contribution in [0.3, 0.4) is 0 Å². The van der Waals surface area contributed by atoms with Crippen LogP contribution in [0.25, 0.3) is 0 Å². The number of carboxylic acids is 1. The molecule has 5 heteroatoms. The number of nitrogens with zero attached hydrogens (tertiary/aromatic N) is 1. The fourth-order valence-electron chi connectivity index (χ4n) is 2.18. The van der Waals surface area contributed by atoms with Gasteiger partial charge in [0, 0.05) is 31.3 Å². The summed E-state index contributed by atoms with van der Waals surface area (Å²) in [6, 6.07) is 5.17. The summed E-state index contributed by atoms with van der Waals surface area (Å²) in [6.45, 7) is 0. The third-order valence-electron chi connectivity index (χ3n) is 3.28. The Morgan fingerprint density at radius 3 is 2.89 bits per heavy atom. The van der Waals surface area contributed by atoms with Crippen LogP contribution in [0.1, 0.15) is 23.6 Å². The second-order valence-electron chi connectivity index (χ2n) is 4.56. The first kappa shape index (κ1) is 13.3. The van der Waals surface area contributed by atoms with E-state index in [0.717, 1.165) is 22.9 Å². The van der Waals surface area contributed by atoms with Gasteiger partial charge < -0.3 is 15.7 Å². The zero-order chi connectivity index (χ0) is 14.0. The number of rotatable bonds is 3. The zero-order valence-corrected chi connectivity index (χ0v) is 10.7. The predicted octanol–water partition coefficient (Wildman–Crippen LogP) is 1.24. The molecule has 0 saturated carbocycles. The maximum atomic E-state index is 11.6. The lowest BCUT2D eigenvalue weighted by molar-refractivity contribution is -0.131. The number of carboxylic acid groups (broad SMARTS) is 1. The highest BCUT2D eigenvalue weighted by Crippen LogP contribution is 2.29. The molecule has 3 N–H and O–H groups in total. The summed E-state index contributed by atoms with van der Waals surface area (Å²) in [4.78, 5) is 23.7. The number of fused-ring (bicyclic) bond motifs is 1. The molecule has 1 unspecified atom stereocenters. The molecule has 1 aliphatic rings. The van der Waals surface area contributed by atoms with E-state index in [2.05, 4.69) is 0 Å². The molecule has 1 aromatic carbocycles. The minimum Gasteiger partial charge on any atom is -0.478 e. The Kier molecular flexibility index (Phi) is 3.66. The van der Waals surface area contributed by atoms with E-state index in [9.17, 15) is 9.59 Å². The molecule has 1 heterocycles. The van der Waals surface area contributed by atoms with Crippen molar-refractivity contribution in [1.29, 1.82) is 0 Å². The number of hydrogen-bond acceptors (Lipinski definition) is 3. The van der Waals surface area contributed by atoms with Crippen LogP contribution < -0.4 is 10.6 Å². The first-order valence-corrected chi connectivity index (χ1v) is 6.05. The highest BCUT2D eigenvalue weighted by molar-refractivity contribution is 5.95. The van der Waals surface area contributed by atoms with E-state index in [0.29, 0.717) is 12.8 Å². The molecule has 0 radical (unpaired) electrons. The summed E-state index contributed by atoms with van der Waals surface area (Å²) in [5.74, 6) is -0.908. The fraction of sp³-hybridized carbons (Fsp3) is 0.286. The van der Waals surface area contributed by atoms with E-state index in [-0.39, 0.29) is 5.91 Å². The Balaban J connectivity index is 2.27. The normalized spacial score (nSPS) is 16.5. The maximum absolute atomic E-state index is 11.6. The molecule has 1 aromatic rings. The average molecular weight is 260 g/mol. The monoisotopic (exact) mass is 260 g/mol. The average Bonchev–Trinajstić information content (AvgIpc) is 2.40. The lowest BCUT2D eigenvalue weighted by atomic mass is 9.96. The van der Waals surface area contributed by atoms with Crippen molar-refractivity contribution in [3.8, 4) is 0 Å². The smallest absolute Gasteiger partial charge is 0.328 e. The molecular formula is C14H16N2O3. The van der Waals surface area contributed by atoms with Crippen LogP contribution in [-0.4, -0.2) is 24.0 Å². The van der Waals surface area contributed by atoms with Gasteiger partial charge in [-0.05, 0) is 23.6 Å². The van der Waals surface area contributed by atoms with Gasteiger partial charge in [-0.25, -0.2) is 4.79 Å². The lowest BCUT2D eigenvalue weighted by Gasteiger charge is -2.26. The summed E-state index contributed by atoms with van der Waals surface area (Å²) >= 11 is 0. The number of amides is 1. The Bertz CT molecular complexity index is 552. The fourth-order valence-corrected chi connectivity index (χ4v) is 2.18. The van der Waals surface area contributed by atoms with E-state index < -0.39 is 12.0 Å². The molecule has 1 amide bonds. The number of hydrogen-bond donors (Lipinski definition) is 2. The summed E-state index contributed by atoms with van der Waals surface area (Å²) in [6.07, 6.45) is 3.68. The van der Waals surface area contributed by atoms with Gasteiger partial charge in [-0.1, -0.05) is 18.2 Å². The van der Waals surface area contributed by atoms with Gasteiger partial charge in [0.1, 0.15) is 0 Å². The molecule has 0 fully saturated rings. The number of carbonyl (C=O) groups excluding carboxylic acids is 1. The number of benzene rings is 1. The van der Waals surface area contributed by atoms with E-state index in [1.165, 1.54) is 6.08 Å². The summed E-state index contributed by atoms with van der Waals surface area (Å²) in [5, 5.41) is 8.58. The number of nitrogens with two attached hydrogens (primary N) is 1. The molecule has 5 nitrogen and oxygen atoms in total. The van der Waals surface area contributed by atoms with Crippen LogP contribution >= 0.6 is 0 Å². The predicted molar refractivity (Wildman–Crippen MR) is 71.9 cm³/mol. The molecule has 0 aliphatic carbocycles. The molecule has 2 rings (SSSR count). The van der Waals surface area contributed by atoms with E-state index in [4.69, 9.17) is 10.8 Å². The van der Waals surface area contributed by atoms with Gasteiger partial charge in [-0.2, -0.15) is 0 Å². The van der Waals surface area contributed by atoms with Crippen LogP contribution in [0.5, 0.6) is 0 Å². The minimum atomic E-state index is -1.02. The zero-order valence-electron chi connectivity index (χ0n) is 10.7. The van der Waals surface area contributed by atoms with Crippen molar-refractivity contribution in [1.82, 2.24) is 0 Å². The Labute approximate surface area is 111 Å². The van der Waals surface area contributed by atoms with Crippen LogP contribution in [-0.2, 0) is 16.0 Å². The van der Waals surface area contributed by atoms with Gasteiger partial charge >= 0.3 is 5.97 Å². The largest absolute Gasteiger partial charge is 0.478 e. The Morgan fingerprint density at radius 2 is 2.21 bits per heavy atom.